The number of aromatic amines is 1. The Labute approximate surface area is 103 Å². The molecule has 0 aliphatic carbocycles. The van der Waals surface area contributed by atoms with E-state index in [0.29, 0.717) is 12.1 Å². The standard InChI is InChI=1S/C11H14N4OS/c1-7-10(8(2)15-14-7)11(16)12-4-3-9-5-17-6-13-9/h5-6H,3-4H2,1-2H3,(H,12,16)(H,14,15). The Kier molecular flexibility index (Phi) is 3.53. The van der Waals surface area contributed by atoms with E-state index >= 15 is 0 Å². The predicted octanol–water partition coefficient (Wildman–Crippen LogP) is 1.46. The van der Waals surface area contributed by atoms with Gasteiger partial charge in [0.25, 0.3) is 5.91 Å². The summed E-state index contributed by atoms with van der Waals surface area (Å²) in [5.41, 5.74) is 4.98. The smallest absolute Gasteiger partial charge is 0.255 e. The molecule has 0 saturated carbocycles. The molecule has 1 amide bonds. The first-order valence-electron chi connectivity index (χ1n) is 5.35. The van der Waals surface area contributed by atoms with E-state index in [1.165, 1.54) is 0 Å². The number of H-pyrrole nitrogens is 1. The van der Waals surface area contributed by atoms with Crippen molar-refractivity contribution < 1.29 is 4.79 Å². The maximum Gasteiger partial charge on any atom is 0.255 e. The molecule has 0 aliphatic heterocycles. The molecule has 2 aromatic rings. The molecule has 2 aromatic heterocycles. The first-order chi connectivity index (χ1) is 8.18. The lowest BCUT2D eigenvalue weighted by atomic mass is 10.2. The van der Waals surface area contributed by atoms with Crippen LogP contribution in [0, 0.1) is 13.8 Å². The predicted molar refractivity (Wildman–Crippen MR) is 66.2 cm³/mol. The number of carbonyl (C=O) groups is 1. The molecular formula is C11H14N4OS. The van der Waals surface area contributed by atoms with Crippen molar-refractivity contribution in [1.82, 2.24) is 20.5 Å². The largest absolute Gasteiger partial charge is 0.352 e. The summed E-state index contributed by atoms with van der Waals surface area (Å²) in [4.78, 5) is 16.0. The Hall–Kier alpha value is -1.69. The maximum absolute atomic E-state index is 11.9. The van der Waals surface area contributed by atoms with Crippen molar-refractivity contribution in [3.8, 4) is 0 Å². The van der Waals surface area contributed by atoms with Gasteiger partial charge in [-0.25, -0.2) is 4.98 Å². The van der Waals surface area contributed by atoms with Crippen LogP contribution >= 0.6 is 11.3 Å². The molecule has 17 heavy (non-hydrogen) atoms. The van der Waals surface area contributed by atoms with Crippen LogP contribution in [0.4, 0.5) is 0 Å². The molecule has 0 unspecified atom stereocenters. The molecule has 0 atom stereocenters. The van der Waals surface area contributed by atoms with E-state index in [1.54, 1.807) is 16.8 Å². The third kappa shape index (κ3) is 2.71. The highest BCUT2D eigenvalue weighted by Crippen LogP contribution is 2.08. The Morgan fingerprint density at radius 3 is 2.94 bits per heavy atom. The van der Waals surface area contributed by atoms with Crippen LogP contribution in [-0.4, -0.2) is 27.6 Å². The number of aryl methyl sites for hydroxylation is 2. The van der Waals surface area contributed by atoms with Crippen LogP contribution in [0.3, 0.4) is 0 Å². The molecule has 0 aliphatic rings. The van der Waals surface area contributed by atoms with Crippen molar-refractivity contribution in [2.75, 3.05) is 6.54 Å². The molecule has 5 nitrogen and oxygen atoms in total. The van der Waals surface area contributed by atoms with E-state index in [4.69, 9.17) is 0 Å². The van der Waals surface area contributed by atoms with Gasteiger partial charge in [0.05, 0.1) is 22.5 Å². The summed E-state index contributed by atoms with van der Waals surface area (Å²) in [5, 5.41) is 11.7. The molecule has 0 aromatic carbocycles. The summed E-state index contributed by atoms with van der Waals surface area (Å²) in [5.74, 6) is -0.0796. The number of rotatable bonds is 4. The van der Waals surface area contributed by atoms with Gasteiger partial charge in [0.1, 0.15) is 0 Å². The van der Waals surface area contributed by atoms with Gasteiger partial charge < -0.3 is 5.32 Å². The number of thiazole rings is 1. The van der Waals surface area contributed by atoms with Gasteiger partial charge in [0.15, 0.2) is 0 Å². The minimum Gasteiger partial charge on any atom is -0.352 e. The molecule has 2 N–H and O–H groups in total. The van der Waals surface area contributed by atoms with Gasteiger partial charge in [-0.2, -0.15) is 5.10 Å². The molecule has 0 fully saturated rings. The van der Waals surface area contributed by atoms with E-state index in [9.17, 15) is 4.79 Å². The number of nitrogens with zero attached hydrogens (tertiary/aromatic N) is 2. The minimum absolute atomic E-state index is 0.0796. The average molecular weight is 250 g/mol. The first-order valence-corrected chi connectivity index (χ1v) is 6.29. The van der Waals surface area contributed by atoms with E-state index in [2.05, 4.69) is 20.5 Å². The van der Waals surface area contributed by atoms with Gasteiger partial charge in [0.2, 0.25) is 0 Å². The van der Waals surface area contributed by atoms with E-state index < -0.39 is 0 Å². The number of aromatic nitrogens is 3. The molecule has 0 saturated heterocycles. The third-order valence-corrected chi connectivity index (χ3v) is 3.14. The highest BCUT2D eigenvalue weighted by molar-refractivity contribution is 7.07. The van der Waals surface area contributed by atoms with Crippen LogP contribution in [0.5, 0.6) is 0 Å². The quantitative estimate of drug-likeness (QED) is 0.863. The third-order valence-electron chi connectivity index (χ3n) is 2.51. The second-order valence-electron chi connectivity index (χ2n) is 3.79. The van der Waals surface area contributed by atoms with Crippen molar-refractivity contribution >= 4 is 17.2 Å². The fraction of sp³-hybridized carbons (Fsp3) is 0.364. The SMILES string of the molecule is Cc1n[nH]c(C)c1C(=O)NCCc1cscn1. The topological polar surface area (TPSA) is 70.7 Å². The normalized spacial score (nSPS) is 10.5. The van der Waals surface area contributed by atoms with Gasteiger partial charge in [0, 0.05) is 24.0 Å². The van der Waals surface area contributed by atoms with E-state index in [0.717, 1.165) is 23.5 Å². The average Bonchev–Trinajstić information content (AvgIpc) is 2.89. The molecule has 2 rings (SSSR count). The van der Waals surface area contributed by atoms with Crippen LogP contribution in [-0.2, 0) is 6.42 Å². The Bertz CT molecular complexity index is 484. The molecule has 90 valence electrons. The van der Waals surface area contributed by atoms with Gasteiger partial charge in [-0.3, -0.25) is 9.89 Å². The fourth-order valence-corrected chi connectivity index (χ4v) is 2.23. The zero-order chi connectivity index (χ0) is 12.3. The van der Waals surface area contributed by atoms with Crippen LogP contribution in [0.1, 0.15) is 27.4 Å². The van der Waals surface area contributed by atoms with Gasteiger partial charge in [-0.15, -0.1) is 11.3 Å². The molecule has 0 radical (unpaired) electrons. The lowest BCUT2D eigenvalue weighted by Crippen LogP contribution is -2.26. The Morgan fingerprint density at radius 1 is 1.53 bits per heavy atom. The summed E-state index contributed by atoms with van der Waals surface area (Å²) >= 11 is 1.56. The van der Waals surface area contributed by atoms with E-state index in [-0.39, 0.29) is 5.91 Å². The highest BCUT2D eigenvalue weighted by Gasteiger charge is 2.14. The van der Waals surface area contributed by atoms with Crippen molar-refractivity contribution in [1.29, 1.82) is 0 Å². The first kappa shape index (κ1) is 11.8. The molecule has 6 heteroatoms. The monoisotopic (exact) mass is 250 g/mol. The fourth-order valence-electron chi connectivity index (χ4n) is 1.64. The van der Waals surface area contributed by atoms with Gasteiger partial charge >= 0.3 is 0 Å². The number of hydrogen-bond donors (Lipinski definition) is 2. The number of carbonyl (C=O) groups excluding carboxylic acids is 1. The minimum atomic E-state index is -0.0796. The van der Waals surface area contributed by atoms with Crippen molar-refractivity contribution in [3.05, 3.63) is 33.5 Å². The lowest BCUT2D eigenvalue weighted by Gasteiger charge is -2.03. The van der Waals surface area contributed by atoms with Crippen LogP contribution in [0.2, 0.25) is 0 Å². The summed E-state index contributed by atoms with van der Waals surface area (Å²) < 4.78 is 0. The van der Waals surface area contributed by atoms with Crippen molar-refractivity contribution in [2.45, 2.75) is 20.3 Å². The van der Waals surface area contributed by atoms with Gasteiger partial charge in [-0.05, 0) is 13.8 Å². The summed E-state index contributed by atoms with van der Waals surface area (Å²) in [7, 11) is 0. The molecular weight excluding hydrogens is 236 g/mol. The Balaban J connectivity index is 1.90. The van der Waals surface area contributed by atoms with Crippen molar-refractivity contribution in [2.24, 2.45) is 0 Å². The van der Waals surface area contributed by atoms with Crippen LogP contribution in [0.15, 0.2) is 10.9 Å². The number of amides is 1. The summed E-state index contributed by atoms with van der Waals surface area (Å²) in [6, 6.07) is 0. The molecule has 0 bridgehead atoms. The van der Waals surface area contributed by atoms with Crippen molar-refractivity contribution in [3.63, 3.8) is 0 Å². The number of hydrogen-bond acceptors (Lipinski definition) is 4. The zero-order valence-corrected chi connectivity index (χ0v) is 10.6. The Morgan fingerprint density at radius 2 is 2.35 bits per heavy atom. The van der Waals surface area contributed by atoms with Crippen LogP contribution < -0.4 is 5.32 Å². The molecule has 0 spiro atoms. The van der Waals surface area contributed by atoms with Gasteiger partial charge in [-0.1, -0.05) is 0 Å². The zero-order valence-electron chi connectivity index (χ0n) is 9.78. The molecule has 2 heterocycles. The second-order valence-corrected chi connectivity index (χ2v) is 4.51. The maximum atomic E-state index is 11.9. The number of nitrogens with one attached hydrogen (secondary N) is 2. The highest BCUT2D eigenvalue weighted by atomic mass is 32.1. The van der Waals surface area contributed by atoms with Crippen LogP contribution in [0.25, 0.3) is 0 Å². The van der Waals surface area contributed by atoms with E-state index in [1.807, 2.05) is 19.2 Å². The lowest BCUT2D eigenvalue weighted by molar-refractivity contribution is 0.0953. The summed E-state index contributed by atoms with van der Waals surface area (Å²) in [6.45, 7) is 4.25. The summed E-state index contributed by atoms with van der Waals surface area (Å²) in [6.07, 6.45) is 0.755. The second kappa shape index (κ2) is 5.09.